The number of carbonyl (C=O) groups is 1. The van der Waals surface area contributed by atoms with Gasteiger partial charge in [0.25, 0.3) is 0 Å². The third-order valence-electron chi connectivity index (χ3n) is 5.57. The van der Waals surface area contributed by atoms with Crippen LogP contribution >= 0.6 is 8.25 Å². The van der Waals surface area contributed by atoms with E-state index in [1.54, 1.807) is 19.9 Å². The Balaban J connectivity index is 0.00000220. The second-order valence-corrected chi connectivity index (χ2v) is 10.8. The van der Waals surface area contributed by atoms with Crippen LogP contribution in [0.4, 0.5) is 0 Å². The number of benzene rings is 1. The highest BCUT2D eigenvalue weighted by Gasteiger charge is 2.43. The molecule has 6 heteroatoms. The van der Waals surface area contributed by atoms with Crippen LogP contribution in [0.3, 0.4) is 0 Å². The molecule has 2 N–H and O–H groups in total. The molecule has 5 nitrogen and oxygen atoms in total. The minimum atomic E-state index is -2.90. The number of carbonyl (C=O) groups excluding carboxylic acids is 1. The van der Waals surface area contributed by atoms with Gasteiger partial charge in [0.15, 0.2) is 11.4 Å². The van der Waals surface area contributed by atoms with Gasteiger partial charge in [0.1, 0.15) is 5.75 Å². The van der Waals surface area contributed by atoms with Crippen molar-refractivity contribution < 1.29 is 23.9 Å². The zero-order valence-electron chi connectivity index (χ0n) is 21.7. The molecular formula is C26H44O5P+. The summed E-state index contributed by atoms with van der Waals surface area (Å²) in [6, 6.07) is 3.89. The molecule has 0 saturated heterocycles. The lowest BCUT2D eigenvalue weighted by Crippen LogP contribution is -2.37. The van der Waals surface area contributed by atoms with E-state index in [0.717, 1.165) is 11.1 Å². The summed E-state index contributed by atoms with van der Waals surface area (Å²) in [5.41, 5.74) is 0.652. The van der Waals surface area contributed by atoms with E-state index in [1.165, 1.54) is 18.9 Å². The summed E-state index contributed by atoms with van der Waals surface area (Å²) in [4.78, 5) is 21.9. The summed E-state index contributed by atoms with van der Waals surface area (Å²) in [6.45, 7) is 20.2. The molecule has 0 saturated carbocycles. The SMILES string of the molecule is CCC(CC)(O[P+](=O)O)C(=O)/C=C/c1cc(C(C)(C)C)cc(C(C)(C)C)c1O.CCCC. The molecule has 1 aromatic rings. The lowest BCUT2D eigenvalue weighted by Gasteiger charge is -2.27. The van der Waals surface area contributed by atoms with E-state index in [-0.39, 0.29) is 29.4 Å². The molecule has 0 heterocycles. The van der Waals surface area contributed by atoms with Crippen molar-refractivity contribution in [1.82, 2.24) is 0 Å². The van der Waals surface area contributed by atoms with Gasteiger partial charge in [0.05, 0.1) is 0 Å². The van der Waals surface area contributed by atoms with Crippen LogP contribution in [0.25, 0.3) is 6.08 Å². The van der Waals surface area contributed by atoms with Gasteiger partial charge in [0.2, 0.25) is 0 Å². The molecule has 1 aromatic carbocycles. The molecule has 0 aliphatic rings. The van der Waals surface area contributed by atoms with Gasteiger partial charge in [-0.05, 0) is 47.5 Å². The molecule has 0 aliphatic heterocycles. The first-order valence-electron chi connectivity index (χ1n) is 11.5. The van der Waals surface area contributed by atoms with Crippen molar-refractivity contribution in [2.45, 2.75) is 111 Å². The highest BCUT2D eigenvalue weighted by molar-refractivity contribution is 7.32. The third-order valence-corrected chi connectivity index (χ3v) is 6.08. The van der Waals surface area contributed by atoms with Crippen LogP contribution in [0.5, 0.6) is 5.75 Å². The maximum absolute atomic E-state index is 12.8. The first kappa shape index (κ1) is 30.4. The maximum atomic E-state index is 12.8. The Bertz CT molecular complexity index is 792. The molecule has 1 atom stereocenters. The lowest BCUT2D eigenvalue weighted by molar-refractivity contribution is -0.130. The van der Waals surface area contributed by atoms with E-state index in [2.05, 4.69) is 34.6 Å². The number of unbranched alkanes of at least 4 members (excludes halogenated alkanes) is 1. The number of aromatic hydroxyl groups is 1. The van der Waals surface area contributed by atoms with E-state index in [0.29, 0.717) is 5.56 Å². The fraction of sp³-hybridized carbons (Fsp3) is 0.654. The molecule has 0 aliphatic carbocycles. The van der Waals surface area contributed by atoms with Crippen LogP contribution in [0.2, 0.25) is 0 Å². The molecule has 1 unspecified atom stereocenters. The minimum absolute atomic E-state index is 0.130. The molecule has 32 heavy (non-hydrogen) atoms. The number of ketones is 1. The predicted octanol–water partition coefficient (Wildman–Crippen LogP) is 7.60. The van der Waals surface area contributed by atoms with Crippen molar-refractivity contribution in [3.05, 3.63) is 34.9 Å². The van der Waals surface area contributed by atoms with Crippen LogP contribution in [0, 0.1) is 0 Å². The summed E-state index contributed by atoms with van der Waals surface area (Å²) in [5, 5.41) is 10.8. The molecule has 0 spiro atoms. The number of hydrogen-bond acceptors (Lipinski definition) is 4. The van der Waals surface area contributed by atoms with Crippen LogP contribution in [-0.2, 0) is 24.7 Å². The van der Waals surface area contributed by atoms with Gasteiger partial charge in [0, 0.05) is 15.7 Å². The fourth-order valence-electron chi connectivity index (χ4n) is 3.03. The summed E-state index contributed by atoms with van der Waals surface area (Å²) in [5.74, 6) is -0.259. The maximum Gasteiger partial charge on any atom is 0.695 e. The van der Waals surface area contributed by atoms with Crippen molar-refractivity contribution in [1.29, 1.82) is 0 Å². The summed E-state index contributed by atoms with van der Waals surface area (Å²) < 4.78 is 16.3. The molecular weight excluding hydrogens is 423 g/mol. The topological polar surface area (TPSA) is 83.8 Å². The van der Waals surface area contributed by atoms with Crippen molar-refractivity contribution in [3.63, 3.8) is 0 Å². The average Bonchev–Trinajstić information content (AvgIpc) is 2.69. The van der Waals surface area contributed by atoms with Gasteiger partial charge in [-0.1, -0.05) is 88.1 Å². The molecule has 0 amide bonds. The largest absolute Gasteiger partial charge is 0.695 e. The second kappa shape index (κ2) is 12.6. The van der Waals surface area contributed by atoms with Crippen molar-refractivity contribution in [3.8, 4) is 5.75 Å². The van der Waals surface area contributed by atoms with Crippen molar-refractivity contribution in [2.75, 3.05) is 0 Å². The predicted molar refractivity (Wildman–Crippen MR) is 134 cm³/mol. The lowest BCUT2D eigenvalue weighted by atomic mass is 9.79. The van der Waals surface area contributed by atoms with Gasteiger partial charge in [-0.15, -0.1) is 9.42 Å². The Kier molecular flexibility index (Phi) is 12.0. The Morgan fingerprint density at radius 1 is 0.969 bits per heavy atom. The van der Waals surface area contributed by atoms with Gasteiger partial charge in [-0.25, -0.2) is 0 Å². The Morgan fingerprint density at radius 3 is 1.81 bits per heavy atom. The zero-order valence-corrected chi connectivity index (χ0v) is 22.6. The Hall–Kier alpha value is -1.55. The molecule has 182 valence electrons. The van der Waals surface area contributed by atoms with Crippen molar-refractivity contribution >= 4 is 20.1 Å². The van der Waals surface area contributed by atoms with E-state index in [1.807, 2.05) is 32.9 Å². The number of phenolic OH excluding ortho intramolecular Hbond substituents is 1. The van der Waals surface area contributed by atoms with Gasteiger partial charge in [-0.3, -0.25) is 4.79 Å². The van der Waals surface area contributed by atoms with E-state index in [9.17, 15) is 14.5 Å². The molecule has 1 rings (SSSR count). The highest BCUT2D eigenvalue weighted by Crippen LogP contribution is 2.39. The van der Waals surface area contributed by atoms with Gasteiger partial charge in [-0.2, -0.15) is 0 Å². The van der Waals surface area contributed by atoms with Crippen molar-refractivity contribution in [2.24, 2.45) is 0 Å². The first-order valence-corrected chi connectivity index (χ1v) is 12.7. The standard InChI is InChI=1S/C22H33O5P.C4H10/c1-9-22(10-2,27-28(25)26)18(23)12-11-15-13-16(20(3,4)5)14-17(19(15)24)21(6,7)8;1-3-4-2/h11-14H,9-10H2,1-8H3,(H-,23,24,25,26);3-4H2,1-2H3/p+1. The van der Waals surface area contributed by atoms with E-state index >= 15 is 0 Å². The molecule has 0 fully saturated rings. The smallest absolute Gasteiger partial charge is 0.507 e. The van der Waals surface area contributed by atoms with E-state index < -0.39 is 19.6 Å². The summed E-state index contributed by atoms with van der Waals surface area (Å²) in [7, 11) is -2.90. The van der Waals surface area contributed by atoms with Gasteiger partial charge >= 0.3 is 8.25 Å². The Morgan fingerprint density at radius 2 is 1.47 bits per heavy atom. The first-order chi connectivity index (χ1) is 14.6. The van der Waals surface area contributed by atoms with Crippen LogP contribution in [-0.4, -0.2) is 21.4 Å². The molecule has 0 bridgehead atoms. The summed E-state index contributed by atoms with van der Waals surface area (Å²) in [6.07, 6.45) is 6.08. The van der Waals surface area contributed by atoms with Crippen LogP contribution in [0.15, 0.2) is 18.2 Å². The normalized spacial score (nSPS) is 13.0. The summed E-state index contributed by atoms with van der Waals surface area (Å²) >= 11 is 0. The second-order valence-electron chi connectivity index (χ2n) is 10.2. The highest BCUT2D eigenvalue weighted by atomic mass is 31.1. The molecule has 0 radical (unpaired) electrons. The molecule has 0 aromatic heterocycles. The quantitative estimate of drug-likeness (QED) is 0.304. The van der Waals surface area contributed by atoms with Crippen LogP contribution in [0.1, 0.15) is 112 Å². The van der Waals surface area contributed by atoms with E-state index in [4.69, 9.17) is 9.42 Å². The number of phenols is 1. The monoisotopic (exact) mass is 467 g/mol. The number of hydrogen-bond donors (Lipinski definition) is 2. The Labute approximate surface area is 196 Å². The number of rotatable bonds is 8. The van der Waals surface area contributed by atoms with Gasteiger partial charge < -0.3 is 5.11 Å². The average molecular weight is 468 g/mol. The fourth-order valence-corrected chi connectivity index (χ4v) is 3.68. The zero-order chi connectivity index (χ0) is 25.3. The minimum Gasteiger partial charge on any atom is -0.507 e. The van der Waals surface area contributed by atoms with Crippen LogP contribution < -0.4 is 0 Å². The third kappa shape index (κ3) is 8.77.